The first-order valence-corrected chi connectivity index (χ1v) is 10.9. The van der Waals surface area contributed by atoms with E-state index in [4.69, 9.17) is 0 Å². The summed E-state index contributed by atoms with van der Waals surface area (Å²) in [6.45, 7) is 12.2. The summed E-state index contributed by atoms with van der Waals surface area (Å²) in [6, 6.07) is 0. The maximum absolute atomic E-state index is 2.66. The normalized spacial score (nSPS) is 26.7. The Hall–Kier alpha value is -0.0800. The standard InChI is InChI=1S/C21H43N2/c1-2-3-4-5-6-7-8-9-10-11-12-13-14-18-23-19-15-22(16-20-23)17-21-23/h2-21H2,1H3/q+1. The summed E-state index contributed by atoms with van der Waals surface area (Å²) >= 11 is 0. The summed E-state index contributed by atoms with van der Waals surface area (Å²) in [5.41, 5.74) is 0. The predicted octanol–water partition coefficient (Wildman–Crippen LogP) is 5.22. The third kappa shape index (κ3) is 7.56. The average molecular weight is 324 g/mol. The Bertz CT molecular complexity index is 268. The SMILES string of the molecule is CCCCCCCCCCCCCCC[N+]12CCN(CC1)CC2. The number of unbranched alkanes of at least 4 members (excludes halogenated alkanes) is 12. The van der Waals surface area contributed by atoms with Gasteiger partial charge in [0.2, 0.25) is 0 Å². The molecule has 23 heavy (non-hydrogen) atoms. The average Bonchev–Trinajstić information content (AvgIpc) is 2.60. The molecule has 3 aliphatic heterocycles. The van der Waals surface area contributed by atoms with E-state index >= 15 is 0 Å². The van der Waals surface area contributed by atoms with Crippen molar-refractivity contribution in [3.8, 4) is 0 Å². The van der Waals surface area contributed by atoms with Gasteiger partial charge in [0.1, 0.15) is 0 Å². The van der Waals surface area contributed by atoms with Crippen LogP contribution < -0.4 is 0 Å². The second kappa shape index (κ2) is 11.5. The summed E-state index contributed by atoms with van der Waals surface area (Å²) < 4.78 is 1.47. The molecule has 2 nitrogen and oxygen atoms in total. The zero-order valence-corrected chi connectivity index (χ0v) is 16.0. The highest BCUT2D eigenvalue weighted by molar-refractivity contribution is 4.70. The van der Waals surface area contributed by atoms with Crippen molar-refractivity contribution in [3.63, 3.8) is 0 Å². The third-order valence-electron chi connectivity index (χ3n) is 6.41. The highest BCUT2D eigenvalue weighted by Crippen LogP contribution is 2.21. The van der Waals surface area contributed by atoms with E-state index in [-0.39, 0.29) is 0 Å². The van der Waals surface area contributed by atoms with E-state index in [1.807, 2.05) is 0 Å². The lowest BCUT2D eigenvalue weighted by Gasteiger charge is -2.50. The monoisotopic (exact) mass is 323 g/mol. The first-order chi connectivity index (χ1) is 11.3. The van der Waals surface area contributed by atoms with Crippen LogP contribution in [-0.4, -0.2) is 55.2 Å². The van der Waals surface area contributed by atoms with Crippen LogP contribution in [0.25, 0.3) is 0 Å². The maximum Gasteiger partial charge on any atom is 0.0916 e. The number of fused-ring (bicyclic) bond motifs is 3. The van der Waals surface area contributed by atoms with Crippen molar-refractivity contribution in [3.05, 3.63) is 0 Å². The molecule has 3 rings (SSSR count). The topological polar surface area (TPSA) is 3.24 Å². The van der Waals surface area contributed by atoms with Crippen molar-refractivity contribution < 1.29 is 4.48 Å². The zero-order chi connectivity index (χ0) is 16.2. The van der Waals surface area contributed by atoms with E-state index in [0.717, 1.165) is 0 Å². The minimum absolute atomic E-state index is 1.37. The fourth-order valence-electron chi connectivity index (χ4n) is 4.53. The van der Waals surface area contributed by atoms with Crippen LogP contribution in [0.1, 0.15) is 90.4 Å². The van der Waals surface area contributed by atoms with Gasteiger partial charge in [-0.2, -0.15) is 0 Å². The van der Waals surface area contributed by atoms with Crippen LogP contribution in [0.4, 0.5) is 0 Å². The predicted molar refractivity (Wildman–Crippen MR) is 102 cm³/mol. The van der Waals surface area contributed by atoms with Crippen LogP contribution in [0, 0.1) is 0 Å². The lowest BCUT2D eigenvalue weighted by atomic mass is 10.0. The molecule has 2 bridgehead atoms. The highest BCUT2D eigenvalue weighted by atomic mass is 15.4. The van der Waals surface area contributed by atoms with Crippen LogP contribution in [0.2, 0.25) is 0 Å². The Balaban J connectivity index is 1.32. The Morgan fingerprint density at radius 1 is 0.565 bits per heavy atom. The zero-order valence-electron chi connectivity index (χ0n) is 16.0. The van der Waals surface area contributed by atoms with Gasteiger partial charge in [-0.05, 0) is 12.8 Å². The van der Waals surface area contributed by atoms with E-state index in [0.29, 0.717) is 0 Å². The maximum atomic E-state index is 2.66. The van der Waals surface area contributed by atoms with Crippen LogP contribution in [0.3, 0.4) is 0 Å². The molecular formula is C21H43N2+. The smallest absolute Gasteiger partial charge is 0.0916 e. The molecule has 3 heterocycles. The van der Waals surface area contributed by atoms with Gasteiger partial charge in [-0.3, -0.25) is 4.90 Å². The summed E-state index contributed by atoms with van der Waals surface area (Å²) in [5.74, 6) is 0. The Labute approximate surface area is 146 Å². The van der Waals surface area contributed by atoms with Gasteiger partial charge in [0.25, 0.3) is 0 Å². The van der Waals surface area contributed by atoms with Crippen LogP contribution in [0.15, 0.2) is 0 Å². The quantitative estimate of drug-likeness (QED) is 0.313. The molecule has 136 valence electrons. The minimum Gasteiger partial charge on any atom is -0.320 e. The first-order valence-electron chi connectivity index (χ1n) is 10.9. The molecule has 0 amide bonds. The molecule has 0 aliphatic carbocycles. The van der Waals surface area contributed by atoms with Crippen LogP contribution >= 0.6 is 0 Å². The largest absolute Gasteiger partial charge is 0.320 e. The van der Waals surface area contributed by atoms with E-state index in [9.17, 15) is 0 Å². The van der Waals surface area contributed by atoms with Gasteiger partial charge < -0.3 is 4.48 Å². The van der Waals surface area contributed by atoms with Gasteiger partial charge in [0.15, 0.2) is 0 Å². The fraction of sp³-hybridized carbons (Fsp3) is 1.00. The fourth-order valence-corrected chi connectivity index (χ4v) is 4.53. The van der Waals surface area contributed by atoms with Crippen molar-refractivity contribution in [1.82, 2.24) is 4.90 Å². The van der Waals surface area contributed by atoms with Gasteiger partial charge in [0, 0.05) is 19.6 Å². The van der Waals surface area contributed by atoms with E-state index < -0.39 is 0 Å². The van der Waals surface area contributed by atoms with Crippen LogP contribution in [0.5, 0.6) is 0 Å². The van der Waals surface area contributed by atoms with Crippen molar-refractivity contribution in [1.29, 1.82) is 0 Å². The molecule has 0 saturated carbocycles. The van der Waals surface area contributed by atoms with Gasteiger partial charge in [-0.15, -0.1) is 0 Å². The molecule has 0 atom stereocenters. The molecule has 0 N–H and O–H groups in total. The lowest BCUT2D eigenvalue weighted by molar-refractivity contribution is -0.941. The number of hydrogen-bond donors (Lipinski definition) is 0. The van der Waals surface area contributed by atoms with Gasteiger partial charge in [-0.1, -0.05) is 77.6 Å². The van der Waals surface area contributed by atoms with Crippen LogP contribution in [-0.2, 0) is 0 Å². The number of hydrogen-bond acceptors (Lipinski definition) is 1. The number of rotatable bonds is 14. The van der Waals surface area contributed by atoms with Crippen molar-refractivity contribution in [2.75, 3.05) is 45.8 Å². The molecule has 0 aromatic carbocycles. The van der Waals surface area contributed by atoms with Crippen molar-refractivity contribution in [2.24, 2.45) is 0 Å². The van der Waals surface area contributed by atoms with E-state index in [1.54, 1.807) is 0 Å². The molecule has 0 aromatic rings. The molecule has 0 aromatic heterocycles. The van der Waals surface area contributed by atoms with Crippen molar-refractivity contribution in [2.45, 2.75) is 90.4 Å². The lowest BCUT2D eigenvalue weighted by Crippen LogP contribution is -2.67. The molecule has 2 heteroatoms. The molecular weight excluding hydrogens is 280 g/mol. The Kier molecular flexibility index (Phi) is 9.60. The second-order valence-corrected chi connectivity index (χ2v) is 8.32. The van der Waals surface area contributed by atoms with Crippen molar-refractivity contribution >= 4 is 0 Å². The molecule has 3 aliphatic rings. The number of nitrogens with zero attached hydrogens (tertiary/aromatic N) is 2. The first kappa shape index (κ1) is 19.2. The third-order valence-corrected chi connectivity index (χ3v) is 6.41. The summed E-state index contributed by atoms with van der Waals surface area (Å²) in [5, 5.41) is 0. The molecule has 0 spiro atoms. The highest BCUT2D eigenvalue weighted by Gasteiger charge is 2.37. The summed E-state index contributed by atoms with van der Waals surface area (Å²) in [6.07, 6.45) is 19.1. The molecule has 3 fully saturated rings. The Morgan fingerprint density at radius 2 is 0.957 bits per heavy atom. The molecule has 3 saturated heterocycles. The number of piperazine rings is 3. The van der Waals surface area contributed by atoms with Gasteiger partial charge in [0.05, 0.1) is 26.2 Å². The molecule has 0 radical (unpaired) electrons. The van der Waals surface area contributed by atoms with Gasteiger partial charge >= 0.3 is 0 Å². The van der Waals surface area contributed by atoms with E-state index in [2.05, 4.69) is 11.8 Å². The summed E-state index contributed by atoms with van der Waals surface area (Å²) in [7, 11) is 0. The minimum atomic E-state index is 1.37. The summed E-state index contributed by atoms with van der Waals surface area (Å²) in [4.78, 5) is 2.66. The molecule has 0 unspecified atom stereocenters. The number of quaternary nitrogens is 1. The Morgan fingerprint density at radius 3 is 1.39 bits per heavy atom. The van der Waals surface area contributed by atoms with E-state index in [1.165, 1.54) is 134 Å². The second-order valence-electron chi connectivity index (χ2n) is 8.32. The van der Waals surface area contributed by atoms with Gasteiger partial charge in [-0.25, -0.2) is 0 Å².